The number of aryl methyl sites for hydroxylation is 3. The van der Waals surface area contributed by atoms with Crippen LogP contribution in [0, 0.1) is 0 Å². The van der Waals surface area contributed by atoms with E-state index in [0.29, 0.717) is 16.8 Å². The lowest BCUT2D eigenvalue weighted by atomic mass is 9.98. The second kappa shape index (κ2) is 14.3. The lowest BCUT2D eigenvalue weighted by molar-refractivity contribution is 0.395. The Bertz CT molecular complexity index is 1080. The van der Waals surface area contributed by atoms with Crippen molar-refractivity contribution in [3.63, 3.8) is 0 Å². The molecule has 0 heterocycles. The Morgan fingerprint density at radius 1 is 0.556 bits per heavy atom. The lowest BCUT2D eigenvalue weighted by Gasteiger charge is -2.26. The fourth-order valence-electron chi connectivity index (χ4n) is 4.63. The molecular formula is C32H43O3P. The molecule has 0 fully saturated rings. The standard InChI is InChI=1S/C32H43O3P/c1-5-9-18-26-21-15-25-32(29(26)22-10-6-2)36(33,34-30-23-13-11-19-27(30)16-7-3)35-31-24-14-12-20-28(31)17-8-4/h11-15,19-21,23-25H,5-10,16-18,22H2,1-4H3. The van der Waals surface area contributed by atoms with Crippen LogP contribution in [0.5, 0.6) is 11.5 Å². The molecule has 0 saturated heterocycles. The molecule has 4 heteroatoms. The molecule has 0 bridgehead atoms. The first-order valence-corrected chi connectivity index (χ1v) is 15.4. The minimum atomic E-state index is -3.75. The largest absolute Gasteiger partial charge is 0.463 e. The lowest BCUT2D eigenvalue weighted by Crippen LogP contribution is -2.21. The van der Waals surface area contributed by atoms with E-state index in [1.54, 1.807) is 0 Å². The predicted octanol–water partition coefficient (Wildman–Crippen LogP) is 9.25. The van der Waals surface area contributed by atoms with E-state index in [2.05, 4.69) is 45.9 Å². The van der Waals surface area contributed by atoms with Crippen LogP contribution in [0.1, 0.15) is 88.5 Å². The second-order valence-corrected chi connectivity index (χ2v) is 11.4. The van der Waals surface area contributed by atoms with E-state index in [4.69, 9.17) is 9.05 Å². The molecule has 36 heavy (non-hydrogen) atoms. The molecule has 0 atom stereocenters. The van der Waals surface area contributed by atoms with E-state index >= 15 is 4.57 Å². The van der Waals surface area contributed by atoms with Gasteiger partial charge in [-0.2, -0.15) is 0 Å². The molecule has 194 valence electrons. The van der Waals surface area contributed by atoms with E-state index < -0.39 is 7.60 Å². The third-order valence-electron chi connectivity index (χ3n) is 6.54. The normalized spacial score (nSPS) is 11.4. The summed E-state index contributed by atoms with van der Waals surface area (Å²) in [6.07, 6.45) is 9.88. The monoisotopic (exact) mass is 506 g/mol. The summed E-state index contributed by atoms with van der Waals surface area (Å²) in [5.41, 5.74) is 4.52. The van der Waals surface area contributed by atoms with Crippen LogP contribution in [-0.2, 0) is 30.2 Å². The number of benzene rings is 3. The smallest absolute Gasteiger partial charge is 0.413 e. The summed E-state index contributed by atoms with van der Waals surface area (Å²) >= 11 is 0. The Morgan fingerprint density at radius 2 is 1.06 bits per heavy atom. The summed E-state index contributed by atoms with van der Waals surface area (Å²) < 4.78 is 28.1. The second-order valence-electron chi connectivity index (χ2n) is 9.52. The van der Waals surface area contributed by atoms with Gasteiger partial charge in [-0.15, -0.1) is 0 Å². The first-order chi connectivity index (χ1) is 17.6. The number of hydrogen-bond donors (Lipinski definition) is 0. The van der Waals surface area contributed by atoms with Crippen molar-refractivity contribution in [2.75, 3.05) is 0 Å². The average molecular weight is 507 g/mol. The Hall–Kier alpha value is -2.51. The average Bonchev–Trinajstić information content (AvgIpc) is 2.89. The molecule has 3 aromatic carbocycles. The van der Waals surface area contributed by atoms with Crippen LogP contribution in [-0.4, -0.2) is 0 Å². The van der Waals surface area contributed by atoms with E-state index in [9.17, 15) is 0 Å². The highest BCUT2D eigenvalue weighted by molar-refractivity contribution is 7.63. The highest BCUT2D eigenvalue weighted by Crippen LogP contribution is 2.50. The van der Waals surface area contributed by atoms with Crippen LogP contribution in [0.3, 0.4) is 0 Å². The molecule has 0 unspecified atom stereocenters. The van der Waals surface area contributed by atoms with E-state index in [-0.39, 0.29) is 0 Å². The van der Waals surface area contributed by atoms with Crippen LogP contribution in [0.2, 0.25) is 0 Å². The Morgan fingerprint density at radius 3 is 1.58 bits per heavy atom. The van der Waals surface area contributed by atoms with Crippen molar-refractivity contribution < 1.29 is 13.6 Å². The Labute approximate surface area is 218 Å². The van der Waals surface area contributed by atoms with Crippen molar-refractivity contribution >= 4 is 12.9 Å². The molecule has 0 aliphatic rings. The van der Waals surface area contributed by atoms with Gasteiger partial charge in [-0.1, -0.05) is 102 Å². The number of rotatable bonds is 15. The third-order valence-corrected chi connectivity index (χ3v) is 8.43. The minimum absolute atomic E-state index is 0.649. The minimum Gasteiger partial charge on any atom is -0.413 e. The number of hydrogen-bond acceptors (Lipinski definition) is 3. The molecule has 0 radical (unpaired) electrons. The van der Waals surface area contributed by atoms with Crippen molar-refractivity contribution in [2.45, 2.75) is 91.9 Å². The van der Waals surface area contributed by atoms with Crippen molar-refractivity contribution in [2.24, 2.45) is 0 Å². The molecule has 0 spiro atoms. The SMILES string of the molecule is CCCCc1cccc(P(=O)(Oc2ccccc2CCC)Oc2ccccc2CCC)c1CCCC. The van der Waals surface area contributed by atoms with Crippen LogP contribution >= 0.6 is 7.60 Å². The van der Waals surface area contributed by atoms with Crippen LogP contribution in [0.25, 0.3) is 0 Å². The zero-order chi connectivity index (χ0) is 25.8. The highest BCUT2D eigenvalue weighted by Gasteiger charge is 2.35. The quantitative estimate of drug-likeness (QED) is 0.193. The molecule has 3 nitrogen and oxygen atoms in total. The van der Waals surface area contributed by atoms with E-state index in [1.165, 1.54) is 5.56 Å². The van der Waals surface area contributed by atoms with Crippen molar-refractivity contribution in [3.8, 4) is 11.5 Å². The maximum absolute atomic E-state index is 15.0. The van der Waals surface area contributed by atoms with Gasteiger partial charge < -0.3 is 9.05 Å². The van der Waals surface area contributed by atoms with E-state index in [0.717, 1.165) is 80.9 Å². The van der Waals surface area contributed by atoms with Crippen molar-refractivity contribution in [3.05, 3.63) is 89.0 Å². The molecule has 0 aromatic heterocycles. The van der Waals surface area contributed by atoms with E-state index in [1.807, 2.05) is 48.5 Å². The first kappa shape index (κ1) is 28.1. The van der Waals surface area contributed by atoms with Crippen molar-refractivity contribution in [1.82, 2.24) is 0 Å². The molecule has 0 aliphatic heterocycles. The predicted molar refractivity (Wildman–Crippen MR) is 153 cm³/mol. The molecule has 0 amide bonds. The van der Waals surface area contributed by atoms with Crippen LogP contribution in [0.15, 0.2) is 66.7 Å². The summed E-state index contributed by atoms with van der Waals surface area (Å²) in [6, 6.07) is 22.0. The van der Waals surface area contributed by atoms with Gasteiger partial charge in [-0.25, -0.2) is 4.57 Å². The van der Waals surface area contributed by atoms with Gasteiger partial charge >= 0.3 is 7.60 Å². The third kappa shape index (κ3) is 7.26. The Kier molecular flexibility index (Phi) is 11.1. The summed E-state index contributed by atoms with van der Waals surface area (Å²) in [5, 5.41) is 0.710. The molecule has 0 aliphatic carbocycles. The molecule has 0 N–H and O–H groups in total. The zero-order valence-corrected chi connectivity index (χ0v) is 23.5. The maximum Gasteiger partial charge on any atom is 0.463 e. The summed E-state index contributed by atoms with van der Waals surface area (Å²) in [7, 11) is -3.75. The maximum atomic E-state index is 15.0. The molecular weight excluding hydrogens is 463 g/mol. The van der Waals surface area contributed by atoms with Gasteiger partial charge in [0.2, 0.25) is 0 Å². The van der Waals surface area contributed by atoms with Gasteiger partial charge in [0.25, 0.3) is 0 Å². The van der Waals surface area contributed by atoms with Crippen LogP contribution in [0.4, 0.5) is 0 Å². The summed E-state index contributed by atoms with van der Waals surface area (Å²) in [5.74, 6) is 1.30. The fourth-order valence-corrected chi connectivity index (χ4v) is 6.60. The van der Waals surface area contributed by atoms with Gasteiger partial charge in [0.1, 0.15) is 11.5 Å². The van der Waals surface area contributed by atoms with Gasteiger partial charge in [-0.3, -0.25) is 0 Å². The summed E-state index contributed by atoms with van der Waals surface area (Å²) in [6.45, 7) is 8.70. The number of para-hydroxylation sites is 2. The highest BCUT2D eigenvalue weighted by atomic mass is 31.2. The van der Waals surface area contributed by atoms with Crippen LogP contribution < -0.4 is 14.4 Å². The topological polar surface area (TPSA) is 35.5 Å². The van der Waals surface area contributed by atoms with Gasteiger partial charge in [0.05, 0.1) is 5.30 Å². The first-order valence-electron chi connectivity index (χ1n) is 13.8. The Balaban J connectivity index is 2.17. The number of unbranched alkanes of at least 4 members (excludes halogenated alkanes) is 2. The van der Waals surface area contributed by atoms with Gasteiger partial charge in [-0.05, 0) is 79.0 Å². The zero-order valence-electron chi connectivity index (χ0n) is 22.6. The van der Waals surface area contributed by atoms with Gasteiger partial charge in [0.15, 0.2) is 0 Å². The van der Waals surface area contributed by atoms with Gasteiger partial charge in [0, 0.05) is 0 Å². The fraction of sp³-hybridized carbons (Fsp3) is 0.438. The summed E-state index contributed by atoms with van der Waals surface area (Å²) in [4.78, 5) is 0. The molecule has 3 rings (SSSR count). The van der Waals surface area contributed by atoms with Crippen molar-refractivity contribution in [1.29, 1.82) is 0 Å². The molecule has 0 saturated carbocycles. The molecule has 3 aromatic rings.